The molecule has 0 unspecified atom stereocenters. The third-order valence-corrected chi connectivity index (χ3v) is 2.55. The maximum atomic E-state index is 11.3. The summed E-state index contributed by atoms with van der Waals surface area (Å²) in [6.45, 7) is 0.216. The summed E-state index contributed by atoms with van der Waals surface area (Å²) in [5.41, 5.74) is 0. The molecule has 94 valence electrons. The van der Waals surface area contributed by atoms with Crippen molar-refractivity contribution in [2.45, 2.75) is 12.8 Å². The molecule has 2 atom stereocenters. The van der Waals surface area contributed by atoms with Gasteiger partial charge in [-0.25, -0.2) is 9.59 Å². The average Bonchev–Trinajstić information content (AvgIpc) is 3.05. The maximum Gasteiger partial charge on any atom is 0.533 e. The van der Waals surface area contributed by atoms with E-state index < -0.39 is 12.2 Å². The normalized spacial score (nSPS) is 21.0. The van der Waals surface area contributed by atoms with Crippen molar-refractivity contribution in [3.8, 4) is 6.07 Å². The van der Waals surface area contributed by atoms with Gasteiger partial charge in [0.05, 0.1) is 26.8 Å². The molecule has 0 aliphatic heterocycles. The van der Waals surface area contributed by atoms with Gasteiger partial charge in [0.25, 0.3) is 0 Å². The fourth-order valence-corrected chi connectivity index (χ4v) is 1.49. The van der Waals surface area contributed by atoms with Crippen molar-refractivity contribution < 1.29 is 23.9 Å². The van der Waals surface area contributed by atoms with Crippen LogP contribution >= 0.6 is 0 Å². The first-order chi connectivity index (χ1) is 8.12. The third-order valence-electron chi connectivity index (χ3n) is 2.55. The van der Waals surface area contributed by atoms with Gasteiger partial charge in [0, 0.05) is 6.42 Å². The zero-order valence-corrected chi connectivity index (χ0v) is 9.71. The van der Waals surface area contributed by atoms with Crippen LogP contribution in [0.5, 0.6) is 0 Å². The SMILES string of the molecule is COC(=O)ON(C[C@@H]1C[C@@H]1CC#N)C(=O)OC. The summed E-state index contributed by atoms with van der Waals surface area (Å²) in [5.74, 6) is 0.423. The van der Waals surface area contributed by atoms with Gasteiger partial charge < -0.3 is 14.3 Å². The van der Waals surface area contributed by atoms with Crippen molar-refractivity contribution in [2.24, 2.45) is 11.8 Å². The van der Waals surface area contributed by atoms with Crippen molar-refractivity contribution >= 4 is 12.2 Å². The molecule has 0 saturated heterocycles. The lowest BCUT2D eigenvalue weighted by Gasteiger charge is -2.18. The molecular formula is C10H14N2O5. The molecule has 0 radical (unpaired) electrons. The zero-order chi connectivity index (χ0) is 12.8. The first-order valence-corrected chi connectivity index (χ1v) is 5.10. The van der Waals surface area contributed by atoms with Crippen LogP contribution in [0.4, 0.5) is 9.59 Å². The first-order valence-electron chi connectivity index (χ1n) is 5.10. The molecule has 1 amide bonds. The maximum absolute atomic E-state index is 11.3. The number of hydroxylamine groups is 2. The van der Waals surface area contributed by atoms with Crippen molar-refractivity contribution in [3.63, 3.8) is 0 Å². The van der Waals surface area contributed by atoms with Crippen molar-refractivity contribution in [3.05, 3.63) is 0 Å². The number of amides is 1. The van der Waals surface area contributed by atoms with E-state index in [-0.39, 0.29) is 18.4 Å². The second kappa shape index (κ2) is 5.94. The highest BCUT2D eigenvalue weighted by atomic mass is 16.8. The Labute approximate surface area is 98.8 Å². The minimum absolute atomic E-state index is 0.165. The van der Waals surface area contributed by atoms with Gasteiger partial charge >= 0.3 is 12.2 Å². The predicted octanol–water partition coefficient (Wildman–Crippen LogP) is 1.30. The monoisotopic (exact) mass is 242 g/mol. The number of nitrogens with zero attached hydrogens (tertiary/aromatic N) is 2. The van der Waals surface area contributed by atoms with E-state index in [2.05, 4.69) is 20.4 Å². The van der Waals surface area contributed by atoms with Gasteiger partial charge in [0.15, 0.2) is 0 Å². The van der Waals surface area contributed by atoms with Gasteiger partial charge in [-0.3, -0.25) is 0 Å². The molecule has 7 nitrogen and oxygen atoms in total. The minimum atomic E-state index is -0.979. The van der Waals surface area contributed by atoms with Gasteiger partial charge in [-0.1, -0.05) is 0 Å². The van der Waals surface area contributed by atoms with E-state index in [1.165, 1.54) is 7.11 Å². The second-order valence-electron chi connectivity index (χ2n) is 3.69. The van der Waals surface area contributed by atoms with Crippen LogP contribution in [0.15, 0.2) is 0 Å². The quantitative estimate of drug-likeness (QED) is 0.547. The summed E-state index contributed by atoms with van der Waals surface area (Å²) >= 11 is 0. The molecule has 0 spiro atoms. The summed E-state index contributed by atoms with van der Waals surface area (Å²) < 4.78 is 8.76. The second-order valence-corrected chi connectivity index (χ2v) is 3.69. The lowest BCUT2D eigenvalue weighted by Crippen LogP contribution is -2.35. The standard InChI is InChI=1S/C10H14N2O5/c1-15-9(13)12(17-10(14)16-2)6-8-5-7(8)3-4-11/h7-8H,3,5-6H2,1-2H3/t7-,8-/m0/s1. The number of carbonyl (C=O) groups is 2. The van der Waals surface area contributed by atoms with Crippen molar-refractivity contribution in [1.82, 2.24) is 5.06 Å². The summed E-state index contributed by atoms with van der Waals surface area (Å²) in [7, 11) is 2.34. The highest BCUT2D eigenvalue weighted by Gasteiger charge is 2.40. The number of methoxy groups -OCH3 is 2. The van der Waals surface area contributed by atoms with Crippen LogP contribution in [0, 0.1) is 23.2 Å². The number of carbonyl (C=O) groups excluding carboxylic acids is 2. The van der Waals surface area contributed by atoms with E-state index in [9.17, 15) is 9.59 Å². The lowest BCUT2D eigenvalue weighted by atomic mass is 10.2. The Hall–Kier alpha value is -1.97. The van der Waals surface area contributed by atoms with Crippen LogP contribution in [0.25, 0.3) is 0 Å². The van der Waals surface area contributed by atoms with Crippen LogP contribution in [0.1, 0.15) is 12.8 Å². The van der Waals surface area contributed by atoms with Crippen LogP contribution in [0.3, 0.4) is 0 Å². The third kappa shape index (κ3) is 3.83. The van der Waals surface area contributed by atoms with E-state index in [0.29, 0.717) is 6.42 Å². The number of hydrogen-bond donors (Lipinski definition) is 0. The summed E-state index contributed by atoms with van der Waals surface area (Å²) in [6.07, 6.45) is -0.463. The van der Waals surface area contributed by atoms with Gasteiger partial charge in [0.2, 0.25) is 0 Å². The molecule has 0 N–H and O–H groups in total. The van der Waals surface area contributed by atoms with Gasteiger partial charge in [-0.15, -0.1) is 5.06 Å². The molecule has 0 aromatic carbocycles. The minimum Gasteiger partial charge on any atom is -0.451 e. The van der Waals surface area contributed by atoms with Crippen LogP contribution in [-0.2, 0) is 14.3 Å². The molecule has 0 aromatic rings. The molecule has 1 aliphatic carbocycles. The van der Waals surface area contributed by atoms with Crippen LogP contribution in [0.2, 0.25) is 0 Å². The zero-order valence-electron chi connectivity index (χ0n) is 9.71. The van der Waals surface area contributed by atoms with Gasteiger partial charge in [0.1, 0.15) is 0 Å². The molecule has 1 fully saturated rings. The number of ether oxygens (including phenoxy) is 2. The molecule has 0 aromatic heterocycles. The Bertz CT molecular complexity index is 338. The molecule has 7 heteroatoms. The molecular weight excluding hydrogens is 228 g/mol. The molecule has 0 bridgehead atoms. The Kier molecular flexibility index (Phi) is 4.57. The van der Waals surface area contributed by atoms with E-state index in [1.54, 1.807) is 0 Å². The van der Waals surface area contributed by atoms with E-state index in [1.807, 2.05) is 0 Å². The molecule has 1 aliphatic rings. The number of hydrogen-bond acceptors (Lipinski definition) is 6. The largest absolute Gasteiger partial charge is 0.533 e. The number of rotatable bonds is 3. The van der Waals surface area contributed by atoms with Crippen LogP contribution in [-0.4, -0.2) is 38.1 Å². The van der Waals surface area contributed by atoms with Crippen molar-refractivity contribution in [1.29, 1.82) is 5.26 Å². The number of nitriles is 1. The summed E-state index contributed by atoms with van der Waals surface area (Å²) in [4.78, 5) is 26.8. The Morgan fingerprint density at radius 2 is 2.06 bits per heavy atom. The predicted molar refractivity (Wildman–Crippen MR) is 54.4 cm³/mol. The Morgan fingerprint density at radius 1 is 1.35 bits per heavy atom. The van der Waals surface area contributed by atoms with Gasteiger partial charge in [-0.2, -0.15) is 5.26 Å². The fourth-order valence-electron chi connectivity index (χ4n) is 1.49. The van der Waals surface area contributed by atoms with Crippen LogP contribution < -0.4 is 0 Å². The molecule has 1 saturated carbocycles. The van der Waals surface area contributed by atoms with E-state index >= 15 is 0 Å². The average molecular weight is 242 g/mol. The van der Waals surface area contributed by atoms with Crippen molar-refractivity contribution in [2.75, 3.05) is 20.8 Å². The molecule has 17 heavy (non-hydrogen) atoms. The topological polar surface area (TPSA) is 88.9 Å². The van der Waals surface area contributed by atoms with Gasteiger partial charge in [-0.05, 0) is 18.3 Å². The first kappa shape index (κ1) is 13.1. The summed E-state index contributed by atoms with van der Waals surface area (Å²) in [5, 5.41) is 9.32. The smallest absolute Gasteiger partial charge is 0.451 e. The Morgan fingerprint density at radius 3 is 2.59 bits per heavy atom. The lowest BCUT2D eigenvalue weighted by molar-refractivity contribution is -0.106. The fraction of sp³-hybridized carbons (Fsp3) is 0.700. The Balaban J connectivity index is 2.45. The summed E-state index contributed by atoms with van der Waals surface area (Å²) in [6, 6.07) is 2.06. The highest BCUT2D eigenvalue weighted by molar-refractivity contribution is 5.69. The highest BCUT2D eigenvalue weighted by Crippen LogP contribution is 2.41. The van der Waals surface area contributed by atoms with E-state index in [0.717, 1.165) is 18.6 Å². The molecule has 1 rings (SSSR count). The molecule has 0 heterocycles. The van der Waals surface area contributed by atoms with E-state index in [4.69, 9.17) is 5.26 Å².